The number of allylic oxidation sites excluding steroid dienone is 5. The lowest BCUT2D eigenvalue weighted by Gasteiger charge is -2.39. The van der Waals surface area contributed by atoms with Gasteiger partial charge in [-0.05, 0) is 56.4 Å². The summed E-state index contributed by atoms with van der Waals surface area (Å²) in [7, 11) is 0. The molecule has 0 bridgehead atoms. The van der Waals surface area contributed by atoms with E-state index < -0.39 is 0 Å². The highest BCUT2D eigenvalue weighted by Gasteiger charge is 2.34. The van der Waals surface area contributed by atoms with E-state index >= 15 is 0 Å². The van der Waals surface area contributed by atoms with Gasteiger partial charge in [0.2, 0.25) is 0 Å². The van der Waals surface area contributed by atoms with Crippen LogP contribution in [0.3, 0.4) is 0 Å². The molecule has 3 rings (SSSR count). The summed E-state index contributed by atoms with van der Waals surface area (Å²) in [6.07, 6.45) is 12.5. The lowest BCUT2D eigenvalue weighted by atomic mass is 9.66. The van der Waals surface area contributed by atoms with E-state index in [0.29, 0.717) is 0 Å². The van der Waals surface area contributed by atoms with Crippen molar-refractivity contribution in [2.24, 2.45) is 11.8 Å². The average Bonchev–Trinajstić information content (AvgIpc) is 2.28. The van der Waals surface area contributed by atoms with Crippen molar-refractivity contribution in [1.82, 2.24) is 0 Å². The molecular weight excluding hydrogens is 196 g/mol. The van der Waals surface area contributed by atoms with Gasteiger partial charge in [0.15, 0.2) is 0 Å². The fourth-order valence-electron chi connectivity index (χ4n) is 3.56. The number of rotatable bonds is 0. The highest BCUT2D eigenvalue weighted by molar-refractivity contribution is 5.39. The van der Waals surface area contributed by atoms with E-state index in [-0.39, 0.29) is 6.10 Å². The van der Waals surface area contributed by atoms with Crippen molar-refractivity contribution in [1.29, 1.82) is 0 Å². The van der Waals surface area contributed by atoms with Crippen LogP contribution in [-0.2, 0) is 0 Å². The van der Waals surface area contributed by atoms with Crippen molar-refractivity contribution in [2.75, 3.05) is 0 Å². The van der Waals surface area contributed by atoms with Crippen LogP contribution in [0.15, 0.2) is 34.9 Å². The summed E-state index contributed by atoms with van der Waals surface area (Å²) in [5, 5.41) is 9.71. The Morgan fingerprint density at radius 3 is 2.88 bits per heavy atom. The number of aliphatic hydroxyl groups excluding tert-OH is 1. The van der Waals surface area contributed by atoms with Crippen LogP contribution in [0.5, 0.6) is 0 Å². The SMILES string of the molecule is CC1=CC2=CC=C3CC(O)CCC3C2CC1. The van der Waals surface area contributed by atoms with Gasteiger partial charge in [-0.1, -0.05) is 29.4 Å². The third-order valence-electron chi connectivity index (χ3n) is 4.42. The summed E-state index contributed by atoms with van der Waals surface area (Å²) in [6, 6.07) is 0. The fourth-order valence-corrected chi connectivity index (χ4v) is 3.56. The molecule has 3 aliphatic rings. The smallest absolute Gasteiger partial charge is 0.0577 e. The zero-order chi connectivity index (χ0) is 11.1. The van der Waals surface area contributed by atoms with Crippen LogP contribution in [0.25, 0.3) is 0 Å². The molecular formula is C15H20O. The molecule has 1 N–H and O–H groups in total. The van der Waals surface area contributed by atoms with Crippen LogP contribution in [0.4, 0.5) is 0 Å². The second kappa shape index (κ2) is 3.89. The molecule has 0 radical (unpaired) electrons. The predicted molar refractivity (Wildman–Crippen MR) is 66.0 cm³/mol. The molecule has 3 unspecified atom stereocenters. The zero-order valence-electron chi connectivity index (χ0n) is 9.95. The van der Waals surface area contributed by atoms with Gasteiger partial charge in [0.1, 0.15) is 0 Å². The molecule has 0 amide bonds. The first-order valence-corrected chi connectivity index (χ1v) is 6.50. The van der Waals surface area contributed by atoms with Gasteiger partial charge in [0.05, 0.1) is 6.10 Å². The molecule has 0 aromatic rings. The van der Waals surface area contributed by atoms with E-state index in [0.717, 1.165) is 24.7 Å². The minimum atomic E-state index is -0.0849. The van der Waals surface area contributed by atoms with Gasteiger partial charge in [-0.2, -0.15) is 0 Å². The topological polar surface area (TPSA) is 20.2 Å². The Balaban J connectivity index is 1.92. The molecule has 0 saturated heterocycles. The highest BCUT2D eigenvalue weighted by atomic mass is 16.3. The minimum Gasteiger partial charge on any atom is -0.393 e. The summed E-state index contributed by atoms with van der Waals surface area (Å²) in [5.41, 5.74) is 4.56. The monoisotopic (exact) mass is 216 g/mol. The van der Waals surface area contributed by atoms with Crippen LogP contribution >= 0.6 is 0 Å². The van der Waals surface area contributed by atoms with Crippen LogP contribution in [0.2, 0.25) is 0 Å². The Morgan fingerprint density at radius 2 is 2.00 bits per heavy atom. The maximum Gasteiger partial charge on any atom is 0.0577 e. The molecule has 0 heterocycles. The normalized spacial score (nSPS) is 37.9. The van der Waals surface area contributed by atoms with Gasteiger partial charge in [0, 0.05) is 0 Å². The molecule has 1 heteroatoms. The Bertz CT molecular complexity index is 386. The van der Waals surface area contributed by atoms with E-state index in [4.69, 9.17) is 0 Å². The third kappa shape index (κ3) is 1.67. The maximum absolute atomic E-state index is 9.71. The Hall–Kier alpha value is -0.820. The molecule has 3 atom stereocenters. The number of aliphatic hydroxyl groups is 1. The van der Waals surface area contributed by atoms with Crippen LogP contribution in [0, 0.1) is 11.8 Å². The highest BCUT2D eigenvalue weighted by Crippen LogP contribution is 2.45. The number of hydrogen-bond acceptors (Lipinski definition) is 1. The molecule has 1 saturated carbocycles. The zero-order valence-corrected chi connectivity index (χ0v) is 9.95. The first kappa shape index (κ1) is 10.3. The van der Waals surface area contributed by atoms with E-state index in [9.17, 15) is 5.11 Å². The predicted octanol–water partition coefficient (Wildman–Crippen LogP) is 3.37. The summed E-state index contributed by atoms with van der Waals surface area (Å²) < 4.78 is 0. The Labute approximate surface area is 97.6 Å². The van der Waals surface area contributed by atoms with E-state index in [1.54, 1.807) is 0 Å². The van der Waals surface area contributed by atoms with Crippen molar-refractivity contribution in [3.05, 3.63) is 34.9 Å². The van der Waals surface area contributed by atoms with Crippen LogP contribution in [-0.4, -0.2) is 11.2 Å². The largest absolute Gasteiger partial charge is 0.393 e. The molecule has 16 heavy (non-hydrogen) atoms. The second-order valence-corrected chi connectivity index (χ2v) is 5.59. The lowest BCUT2D eigenvalue weighted by Crippen LogP contribution is -2.30. The first-order valence-electron chi connectivity index (χ1n) is 6.50. The maximum atomic E-state index is 9.71. The van der Waals surface area contributed by atoms with Crippen molar-refractivity contribution in [3.8, 4) is 0 Å². The lowest BCUT2D eigenvalue weighted by molar-refractivity contribution is 0.125. The quantitative estimate of drug-likeness (QED) is 0.658. The number of hydrogen-bond donors (Lipinski definition) is 1. The van der Waals surface area contributed by atoms with Gasteiger partial charge >= 0.3 is 0 Å². The fraction of sp³-hybridized carbons (Fsp3) is 0.600. The molecule has 3 aliphatic carbocycles. The van der Waals surface area contributed by atoms with Crippen molar-refractivity contribution in [2.45, 2.75) is 45.1 Å². The van der Waals surface area contributed by atoms with Crippen molar-refractivity contribution in [3.63, 3.8) is 0 Å². The van der Waals surface area contributed by atoms with Gasteiger partial charge in [-0.3, -0.25) is 0 Å². The molecule has 1 fully saturated rings. The minimum absolute atomic E-state index is 0.0849. The van der Waals surface area contributed by atoms with E-state index in [1.165, 1.54) is 36.0 Å². The molecule has 0 aliphatic heterocycles. The standard InChI is InChI=1S/C15H20O/c1-10-2-6-14-11(8-10)3-4-12-9-13(16)5-7-15(12)14/h3-4,8,13-16H,2,5-7,9H2,1H3. The summed E-state index contributed by atoms with van der Waals surface area (Å²) in [6.45, 7) is 2.24. The van der Waals surface area contributed by atoms with Gasteiger partial charge in [0.25, 0.3) is 0 Å². The molecule has 0 aromatic heterocycles. The van der Waals surface area contributed by atoms with Crippen molar-refractivity contribution < 1.29 is 5.11 Å². The van der Waals surface area contributed by atoms with Gasteiger partial charge < -0.3 is 5.11 Å². The molecule has 86 valence electrons. The summed E-state index contributed by atoms with van der Waals surface area (Å²) in [4.78, 5) is 0. The Kier molecular flexibility index (Phi) is 2.51. The number of fused-ring (bicyclic) bond motifs is 3. The van der Waals surface area contributed by atoms with Crippen LogP contribution < -0.4 is 0 Å². The molecule has 1 nitrogen and oxygen atoms in total. The summed E-state index contributed by atoms with van der Waals surface area (Å²) >= 11 is 0. The molecule has 0 aromatic carbocycles. The van der Waals surface area contributed by atoms with Gasteiger partial charge in [-0.15, -0.1) is 0 Å². The van der Waals surface area contributed by atoms with Crippen molar-refractivity contribution >= 4 is 0 Å². The third-order valence-corrected chi connectivity index (χ3v) is 4.42. The van der Waals surface area contributed by atoms with Crippen LogP contribution in [0.1, 0.15) is 39.0 Å². The van der Waals surface area contributed by atoms with E-state index in [2.05, 4.69) is 25.2 Å². The first-order chi connectivity index (χ1) is 7.74. The van der Waals surface area contributed by atoms with E-state index in [1.807, 2.05) is 0 Å². The Morgan fingerprint density at radius 1 is 1.12 bits per heavy atom. The summed E-state index contributed by atoms with van der Waals surface area (Å²) in [5.74, 6) is 1.48. The van der Waals surface area contributed by atoms with Gasteiger partial charge in [-0.25, -0.2) is 0 Å². The molecule has 0 spiro atoms. The average molecular weight is 216 g/mol. The second-order valence-electron chi connectivity index (χ2n) is 5.59.